The first-order valence-corrected chi connectivity index (χ1v) is 5.82. The molecule has 1 rings (SSSR count). The number of benzene rings is 1. The van der Waals surface area contributed by atoms with Crippen molar-refractivity contribution in [2.75, 3.05) is 0 Å². The summed E-state index contributed by atoms with van der Waals surface area (Å²) in [6.45, 7) is 3.47. The molecule has 1 aromatic carbocycles. The summed E-state index contributed by atoms with van der Waals surface area (Å²) in [6, 6.07) is 2.19. The second kappa shape index (κ2) is 6.79. The first kappa shape index (κ1) is 18.5. The Labute approximate surface area is 121 Å². The van der Waals surface area contributed by atoms with Crippen molar-refractivity contribution < 1.29 is 18.3 Å². The topological polar surface area (TPSA) is 46.2 Å². The lowest BCUT2D eigenvalue weighted by molar-refractivity contribution is -0.137. The number of aliphatic hydroxyl groups is 1. The van der Waals surface area contributed by atoms with Crippen LogP contribution in [-0.2, 0) is 6.18 Å². The lowest BCUT2D eigenvalue weighted by atomic mass is 9.93. The van der Waals surface area contributed by atoms with Crippen LogP contribution < -0.4 is 5.73 Å². The van der Waals surface area contributed by atoms with Crippen LogP contribution in [0.5, 0.6) is 0 Å². The smallest absolute Gasteiger partial charge is 0.391 e. The number of aliphatic hydroxyl groups excluding tert-OH is 1. The first-order chi connectivity index (χ1) is 8.12. The van der Waals surface area contributed by atoms with E-state index >= 15 is 0 Å². The van der Waals surface area contributed by atoms with E-state index in [1.807, 2.05) is 0 Å². The van der Waals surface area contributed by atoms with Gasteiger partial charge in [-0.05, 0) is 29.7 Å². The molecule has 0 saturated heterocycles. The minimum Gasteiger partial charge on any atom is -0.391 e. The maximum Gasteiger partial charge on any atom is 0.416 e. The van der Waals surface area contributed by atoms with Crippen LogP contribution in [0.15, 0.2) is 18.2 Å². The largest absolute Gasteiger partial charge is 0.416 e. The molecule has 0 aromatic heterocycles. The Kier molecular flexibility index (Phi) is 6.62. The Bertz CT molecular complexity index is 424. The highest BCUT2D eigenvalue weighted by molar-refractivity contribution is 6.30. The van der Waals surface area contributed by atoms with E-state index in [2.05, 4.69) is 0 Å². The van der Waals surface area contributed by atoms with Crippen molar-refractivity contribution in [1.29, 1.82) is 0 Å². The summed E-state index contributed by atoms with van der Waals surface area (Å²) in [5.74, 6) is -0.159. The van der Waals surface area contributed by atoms with Gasteiger partial charge in [0, 0.05) is 5.02 Å². The molecule has 0 aliphatic rings. The van der Waals surface area contributed by atoms with E-state index in [1.165, 1.54) is 6.07 Å². The van der Waals surface area contributed by atoms with Crippen LogP contribution in [-0.4, -0.2) is 11.2 Å². The van der Waals surface area contributed by atoms with Crippen LogP contribution in [0.1, 0.15) is 31.0 Å². The molecule has 0 radical (unpaired) electrons. The Morgan fingerprint density at radius 2 is 1.74 bits per heavy atom. The van der Waals surface area contributed by atoms with Crippen molar-refractivity contribution >= 4 is 24.0 Å². The predicted molar refractivity (Wildman–Crippen MR) is 71.5 cm³/mol. The zero-order valence-electron chi connectivity index (χ0n) is 10.4. The van der Waals surface area contributed by atoms with Gasteiger partial charge in [0.05, 0.1) is 17.7 Å². The molecule has 2 nitrogen and oxygen atoms in total. The fraction of sp³-hybridized carbons (Fsp3) is 0.500. The predicted octanol–water partition coefficient (Wildman–Crippen LogP) is 3.80. The number of alkyl halides is 3. The molecular weight excluding hydrogens is 302 g/mol. The maximum absolute atomic E-state index is 12.6. The molecule has 110 valence electrons. The van der Waals surface area contributed by atoms with E-state index in [9.17, 15) is 18.3 Å². The summed E-state index contributed by atoms with van der Waals surface area (Å²) < 4.78 is 37.8. The summed E-state index contributed by atoms with van der Waals surface area (Å²) in [7, 11) is 0. The number of hydrogen-bond acceptors (Lipinski definition) is 2. The van der Waals surface area contributed by atoms with E-state index in [0.29, 0.717) is 0 Å². The average Bonchev–Trinajstić information content (AvgIpc) is 2.24. The van der Waals surface area contributed by atoms with Gasteiger partial charge in [-0.25, -0.2) is 0 Å². The molecule has 0 bridgehead atoms. The van der Waals surface area contributed by atoms with Crippen LogP contribution in [0.4, 0.5) is 13.2 Å². The lowest BCUT2D eigenvalue weighted by Crippen LogP contribution is -2.30. The highest BCUT2D eigenvalue weighted by Crippen LogP contribution is 2.33. The van der Waals surface area contributed by atoms with E-state index in [-0.39, 0.29) is 28.9 Å². The molecule has 0 spiro atoms. The van der Waals surface area contributed by atoms with Crippen molar-refractivity contribution in [3.05, 3.63) is 34.3 Å². The summed E-state index contributed by atoms with van der Waals surface area (Å²) in [6.07, 6.45) is -5.41. The van der Waals surface area contributed by atoms with Crippen molar-refractivity contribution in [2.45, 2.75) is 32.2 Å². The van der Waals surface area contributed by atoms with Gasteiger partial charge < -0.3 is 10.8 Å². The Hall–Kier alpha value is -0.490. The maximum atomic E-state index is 12.6. The molecule has 0 aliphatic carbocycles. The minimum absolute atomic E-state index is 0. The second-order valence-corrected chi connectivity index (χ2v) is 4.97. The highest BCUT2D eigenvalue weighted by Gasteiger charge is 2.32. The van der Waals surface area contributed by atoms with Crippen LogP contribution in [0.25, 0.3) is 0 Å². The number of hydrogen-bond donors (Lipinski definition) is 2. The van der Waals surface area contributed by atoms with Crippen LogP contribution in [0, 0.1) is 5.92 Å². The molecule has 0 heterocycles. The summed E-state index contributed by atoms with van der Waals surface area (Å²) in [5, 5.41) is 9.73. The molecule has 0 unspecified atom stereocenters. The summed E-state index contributed by atoms with van der Waals surface area (Å²) in [4.78, 5) is 0. The molecule has 0 saturated carbocycles. The Morgan fingerprint density at radius 3 is 2.16 bits per heavy atom. The van der Waals surface area contributed by atoms with E-state index in [0.717, 1.165) is 12.1 Å². The van der Waals surface area contributed by atoms with Gasteiger partial charge in [-0.1, -0.05) is 25.4 Å². The van der Waals surface area contributed by atoms with Crippen LogP contribution >= 0.6 is 24.0 Å². The second-order valence-electron chi connectivity index (χ2n) is 4.53. The third-order valence-corrected chi connectivity index (χ3v) is 2.90. The Balaban J connectivity index is 0.00000324. The van der Waals surface area contributed by atoms with Gasteiger partial charge in [0.2, 0.25) is 0 Å². The fourth-order valence-corrected chi connectivity index (χ4v) is 1.82. The molecule has 0 amide bonds. The normalized spacial score (nSPS) is 15.0. The minimum atomic E-state index is -4.48. The van der Waals surface area contributed by atoms with E-state index < -0.39 is 23.9 Å². The zero-order chi connectivity index (χ0) is 14.1. The monoisotopic (exact) mass is 317 g/mol. The van der Waals surface area contributed by atoms with Crippen LogP contribution in [0.2, 0.25) is 5.02 Å². The summed E-state index contributed by atoms with van der Waals surface area (Å²) in [5.41, 5.74) is 5.06. The highest BCUT2D eigenvalue weighted by atomic mass is 35.5. The van der Waals surface area contributed by atoms with Gasteiger partial charge >= 0.3 is 6.18 Å². The lowest BCUT2D eigenvalue weighted by Gasteiger charge is -2.23. The van der Waals surface area contributed by atoms with Gasteiger partial charge in [-0.2, -0.15) is 13.2 Å². The molecule has 0 aliphatic heterocycles. The number of rotatable bonds is 3. The standard InChI is InChI=1S/C12H15ClF3NO.ClH/c1-6(2)11(18)10(17)7-3-8(12(14,15)16)5-9(13)4-7;/h3-6,10-11,18H,17H2,1-2H3;1H/t10-,11+;/m0./s1. The van der Waals surface area contributed by atoms with Crippen molar-refractivity contribution in [1.82, 2.24) is 0 Å². The quantitative estimate of drug-likeness (QED) is 0.890. The van der Waals surface area contributed by atoms with E-state index in [1.54, 1.807) is 13.8 Å². The van der Waals surface area contributed by atoms with Gasteiger partial charge in [0.15, 0.2) is 0 Å². The summed E-state index contributed by atoms with van der Waals surface area (Å²) >= 11 is 5.65. The van der Waals surface area contributed by atoms with E-state index in [4.69, 9.17) is 17.3 Å². The third-order valence-electron chi connectivity index (χ3n) is 2.68. The van der Waals surface area contributed by atoms with Crippen molar-refractivity contribution in [3.63, 3.8) is 0 Å². The number of halogens is 5. The molecule has 19 heavy (non-hydrogen) atoms. The molecule has 2 atom stereocenters. The molecule has 7 heteroatoms. The van der Waals surface area contributed by atoms with Crippen molar-refractivity contribution in [2.24, 2.45) is 11.7 Å². The SMILES string of the molecule is CC(C)[C@@H](O)[C@@H](N)c1cc(Cl)cc(C(F)(F)F)c1.Cl. The van der Waals surface area contributed by atoms with Crippen LogP contribution in [0.3, 0.4) is 0 Å². The van der Waals surface area contributed by atoms with Gasteiger partial charge in [0.25, 0.3) is 0 Å². The molecule has 3 N–H and O–H groups in total. The fourth-order valence-electron chi connectivity index (χ4n) is 1.58. The number of nitrogens with two attached hydrogens (primary N) is 1. The Morgan fingerprint density at radius 1 is 1.21 bits per heavy atom. The first-order valence-electron chi connectivity index (χ1n) is 5.44. The zero-order valence-corrected chi connectivity index (χ0v) is 12.0. The van der Waals surface area contributed by atoms with Crippen molar-refractivity contribution in [3.8, 4) is 0 Å². The van der Waals surface area contributed by atoms with Gasteiger partial charge in [-0.15, -0.1) is 12.4 Å². The molecule has 0 fully saturated rings. The molecule has 1 aromatic rings. The average molecular weight is 318 g/mol. The van der Waals surface area contributed by atoms with Gasteiger partial charge in [0.1, 0.15) is 0 Å². The molecular formula is C12H16Cl2F3NO. The van der Waals surface area contributed by atoms with Gasteiger partial charge in [-0.3, -0.25) is 0 Å². The third kappa shape index (κ3) is 4.84.